The Balaban J connectivity index is 3.42. The molecule has 0 fully saturated rings. The lowest BCUT2D eigenvalue weighted by atomic mass is 10.0. The third-order valence-corrected chi connectivity index (χ3v) is 1.85. The fourth-order valence-electron chi connectivity index (χ4n) is 1.10. The zero-order valence-electron chi connectivity index (χ0n) is 7.11. The van der Waals surface area contributed by atoms with Gasteiger partial charge in [-0.05, 0) is 24.6 Å². The standard InChI is InChI=1S/C10H8O3/c1-7-2-9(5-12)10(6-13)3-8(7)4-11/h2-6H,1H3. The van der Waals surface area contributed by atoms with Crippen LogP contribution in [0, 0.1) is 6.92 Å². The maximum Gasteiger partial charge on any atom is 0.150 e. The minimum absolute atomic E-state index is 0.253. The van der Waals surface area contributed by atoms with Crippen molar-refractivity contribution in [2.75, 3.05) is 0 Å². The summed E-state index contributed by atoms with van der Waals surface area (Å²) in [7, 11) is 0. The first-order valence-corrected chi connectivity index (χ1v) is 3.73. The lowest BCUT2D eigenvalue weighted by Gasteiger charge is -2.01. The van der Waals surface area contributed by atoms with E-state index in [1.165, 1.54) is 12.1 Å². The van der Waals surface area contributed by atoms with E-state index in [-0.39, 0.29) is 5.56 Å². The number of rotatable bonds is 3. The smallest absolute Gasteiger partial charge is 0.150 e. The van der Waals surface area contributed by atoms with Crippen molar-refractivity contribution in [1.29, 1.82) is 0 Å². The molecule has 1 aromatic carbocycles. The number of hydrogen-bond acceptors (Lipinski definition) is 3. The Bertz CT molecular complexity index is 367. The number of carbonyl (C=O) groups is 3. The van der Waals surface area contributed by atoms with E-state index >= 15 is 0 Å². The zero-order valence-corrected chi connectivity index (χ0v) is 7.11. The number of hydrogen-bond donors (Lipinski definition) is 0. The molecule has 3 nitrogen and oxygen atoms in total. The van der Waals surface area contributed by atoms with Crippen molar-refractivity contribution in [3.05, 3.63) is 34.4 Å². The molecule has 0 amide bonds. The van der Waals surface area contributed by atoms with Crippen LogP contribution in [0.1, 0.15) is 36.6 Å². The third-order valence-electron chi connectivity index (χ3n) is 1.85. The summed E-state index contributed by atoms with van der Waals surface area (Å²) < 4.78 is 0. The van der Waals surface area contributed by atoms with Crippen LogP contribution in [-0.2, 0) is 0 Å². The lowest BCUT2D eigenvalue weighted by Crippen LogP contribution is -1.96. The van der Waals surface area contributed by atoms with Crippen molar-refractivity contribution in [3.8, 4) is 0 Å². The second kappa shape index (κ2) is 3.76. The molecule has 0 saturated carbocycles. The van der Waals surface area contributed by atoms with E-state index in [9.17, 15) is 14.4 Å². The molecule has 1 aromatic rings. The highest BCUT2D eigenvalue weighted by Gasteiger charge is 2.05. The van der Waals surface area contributed by atoms with Crippen LogP contribution in [0.5, 0.6) is 0 Å². The predicted molar refractivity (Wildman–Crippen MR) is 47.3 cm³/mol. The van der Waals surface area contributed by atoms with Crippen LogP contribution < -0.4 is 0 Å². The average Bonchev–Trinajstić information content (AvgIpc) is 2.17. The molecule has 0 radical (unpaired) electrons. The molecule has 0 spiro atoms. The van der Waals surface area contributed by atoms with Gasteiger partial charge >= 0.3 is 0 Å². The second-order valence-corrected chi connectivity index (χ2v) is 2.69. The summed E-state index contributed by atoms with van der Waals surface area (Å²) in [4.78, 5) is 31.5. The topological polar surface area (TPSA) is 51.2 Å². The summed E-state index contributed by atoms with van der Waals surface area (Å²) >= 11 is 0. The second-order valence-electron chi connectivity index (χ2n) is 2.69. The summed E-state index contributed by atoms with van der Waals surface area (Å²) in [6.07, 6.45) is 1.83. The summed E-state index contributed by atoms with van der Waals surface area (Å²) in [5, 5.41) is 0. The molecule has 0 aliphatic heterocycles. The molecule has 0 saturated heterocycles. The van der Waals surface area contributed by atoms with Crippen molar-refractivity contribution in [2.45, 2.75) is 6.92 Å². The van der Waals surface area contributed by atoms with Crippen molar-refractivity contribution >= 4 is 18.9 Å². The first-order chi connectivity index (χ1) is 6.22. The predicted octanol–water partition coefficient (Wildman–Crippen LogP) is 1.43. The minimum Gasteiger partial charge on any atom is -0.298 e. The van der Waals surface area contributed by atoms with Crippen molar-refractivity contribution < 1.29 is 14.4 Å². The van der Waals surface area contributed by atoms with Gasteiger partial charge in [-0.2, -0.15) is 0 Å². The molecular formula is C10H8O3. The van der Waals surface area contributed by atoms with E-state index < -0.39 is 0 Å². The third kappa shape index (κ3) is 1.69. The summed E-state index contributed by atoms with van der Waals surface area (Å²) in [6.45, 7) is 1.71. The van der Waals surface area contributed by atoms with Crippen LogP contribution in [0.2, 0.25) is 0 Å². The van der Waals surface area contributed by atoms with Gasteiger partial charge in [-0.3, -0.25) is 14.4 Å². The molecule has 0 N–H and O–H groups in total. The number of carbonyl (C=O) groups excluding carboxylic acids is 3. The van der Waals surface area contributed by atoms with E-state index in [1.54, 1.807) is 6.92 Å². The molecule has 0 atom stereocenters. The van der Waals surface area contributed by atoms with Gasteiger partial charge in [0.2, 0.25) is 0 Å². The zero-order chi connectivity index (χ0) is 9.84. The SMILES string of the molecule is Cc1cc(C=O)c(C=O)cc1C=O. The largest absolute Gasteiger partial charge is 0.298 e. The molecule has 3 heteroatoms. The van der Waals surface area contributed by atoms with Crippen molar-refractivity contribution in [3.63, 3.8) is 0 Å². The van der Waals surface area contributed by atoms with Crippen LogP contribution >= 0.6 is 0 Å². The highest BCUT2D eigenvalue weighted by atomic mass is 16.1. The molecule has 13 heavy (non-hydrogen) atoms. The Morgan fingerprint density at radius 3 is 1.77 bits per heavy atom. The number of aldehydes is 3. The quantitative estimate of drug-likeness (QED) is 0.654. The highest BCUT2D eigenvalue weighted by molar-refractivity contribution is 5.93. The number of benzene rings is 1. The minimum atomic E-state index is 0.253. The molecule has 0 aliphatic carbocycles. The van der Waals surface area contributed by atoms with Crippen LogP contribution in [0.15, 0.2) is 12.1 Å². The van der Waals surface area contributed by atoms with Crippen LogP contribution in [-0.4, -0.2) is 18.9 Å². The van der Waals surface area contributed by atoms with E-state index in [2.05, 4.69) is 0 Å². The van der Waals surface area contributed by atoms with Gasteiger partial charge < -0.3 is 0 Å². The van der Waals surface area contributed by atoms with Gasteiger partial charge in [0.1, 0.15) is 6.29 Å². The summed E-state index contributed by atoms with van der Waals surface area (Å²) in [5.41, 5.74) is 1.70. The lowest BCUT2D eigenvalue weighted by molar-refractivity contribution is 0.109. The van der Waals surface area contributed by atoms with Gasteiger partial charge in [-0.1, -0.05) is 0 Å². The maximum atomic E-state index is 10.5. The number of aryl methyl sites for hydroxylation is 1. The first kappa shape index (κ1) is 9.32. The van der Waals surface area contributed by atoms with Crippen LogP contribution in [0.4, 0.5) is 0 Å². The van der Waals surface area contributed by atoms with E-state index in [0.29, 0.717) is 35.5 Å². The molecule has 0 unspecified atom stereocenters. The van der Waals surface area contributed by atoms with Gasteiger partial charge in [0.25, 0.3) is 0 Å². The summed E-state index contributed by atoms with van der Waals surface area (Å²) in [5.74, 6) is 0. The van der Waals surface area contributed by atoms with Gasteiger partial charge in [0, 0.05) is 16.7 Å². The fourth-order valence-corrected chi connectivity index (χ4v) is 1.10. The monoisotopic (exact) mass is 176 g/mol. The molecule has 0 heterocycles. The molecule has 0 bridgehead atoms. The van der Waals surface area contributed by atoms with Gasteiger partial charge in [-0.15, -0.1) is 0 Å². The Morgan fingerprint density at radius 2 is 1.31 bits per heavy atom. The van der Waals surface area contributed by atoms with E-state index in [1.807, 2.05) is 0 Å². The first-order valence-electron chi connectivity index (χ1n) is 3.73. The van der Waals surface area contributed by atoms with Gasteiger partial charge in [0.15, 0.2) is 12.6 Å². The molecule has 0 aromatic heterocycles. The summed E-state index contributed by atoms with van der Waals surface area (Å²) in [6, 6.07) is 2.94. The Kier molecular flexibility index (Phi) is 2.69. The van der Waals surface area contributed by atoms with E-state index in [4.69, 9.17) is 0 Å². The van der Waals surface area contributed by atoms with Crippen LogP contribution in [0.3, 0.4) is 0 Å². The molecular weight excluding hydrogens is 168 g/mol. The van der Waals surface area contributed by atoms with Crippen LogP contribution in [0.25, 0.3) is 0 Å². The van der Waals surface area contributed by atoms with Gasteiger partial charge in [0.05, 0.1) is 0 Å². The molecule has 66 valence electrons. The Labute approximate surface area is 75.4 Å². The normalized spacial score (nSPS) is 9.31. The molecule has 0 aliphatic rings. The Morgan fingerprint density at radius 1 is 0.846 bits per heavy atom. The highest BCUT2D eigenvalue weighted by Crippen LogP contribution is 2.12. The van der Waals surface area contributed by atoms with E-state index in [0.717, 1.165) is 0 Å². The maximum absolute atomic E-state index is 10.5. The van der Waals surface area contributed by atoms with Crippen molar-refractivity contribution in [2.24, 2.45) is 0 Å². The Hall–Kier alpha value is -1.77. The van der Waals surface area contributed by atoms with Crippen molar-refractivity contribution in [1.82, 2.24) is 0 Å². The average molecular weight is 176 g/mol. The van der Waals surface area contributed by atoms with Gasteiger partial charge in [-0.25, -0.2) is 0 Å². The molecule has 1 rings (SSSR count). The fraction of sp³-hybridized carbons (Fsp3) is 0.100.